The topological polar surface area (TPSA) is 46.5 Å². The molecule has 0 spiro atoms. The fourth-order valence-electron chi connectivity index (χ4n) is 2.67. The Morgan fingerprint density at radius 2 is 1.83 bits per heavy atom. The molecule has 0 aromatic carbocycles. The monoisotopic (exact) mass is 256 g/mol. The second-order valence-corrected chi connectivity index (χ2v) is 5.54. The van der Waals surface area contributed by atoms with Gasteiger partial charge in [-0.3, -0.25) is 4.79 Å². The zero-order chi connectivity index (χ0) is 13.3. The largest absolute Gasteiger partial charge is 0.457 e. The average Bonchev–Trinajstić information content (AvgIpc) is 2.38. The molecule has 1 rings (SSSR count). The molecule has 1 aliphatic rings. The second kappa shape index (κ2) is 8.52. The summed E-state index contributed by atoms with van der Waals surface area (Å²) in [6, 6.07) is 0. The Labute approximate surface area is 111 Å². The summed E-state index contributed by atoms with van der Waals surface area (Å²) in [5.74, 6) is -0.141. The fraction of sp³-hybridized carbons (Fsp3) is 0.933. The number of aliphatic hydroxyl groups excluding tert-OH is 1. The maximum absolute atomic E-state index is 11.3. The lowest BCUT2D eigenvalue weighted by molar-refractivity contribution is -0.174. The Hall–Kier alpha value is -0.570. The Kier molecular flexibility index (Phi) is 7.33. The van der Waals surface area contributed by atoms with Crippen LogP contribution in [0, 0.1) is 0 Å². The molecular formula is C15H28O3. The van der Waals surface area contributed by atoms with Crippen LogP contribution in [0.1, 0.15) is 77.6 Å². The molecule has 0 saturated carbocycles. The van der Waals surface area contributed by atoms with Crippen molar-refractivity contribution in [3.63, 3.8) is 0 Å². The van der Waals surface area contributed by atoms with E-state index >= 15 is 0 Å². The van der Waals surface area contributed by atoms with Gasteiger partial charge < -0.3 is 9.84 Å². The van der Waals surface area contributed by atoms with E-state index < -0.39 is 5.60 Å². The maximum atomic E-state index is 11.3. The summed E-state index contributed by atoms with van der Waals surface area (Å²) in [6.45, 7) is 2.21. The highest BCUT2D eigenvalue weighted by molar-refractivity contribution is 5.70. The van der Waals surface area contributed by atoms with Gasteiger partial charge in [0.25, 0.3) is 0 Å². The average molecular weight is 256 g/mol. The van der Waals surface area contributed by atoms with Gasteiger partial charge in [-0.15, -0.1) is 0 Å². The lowest BCUT2D eigenvalue weighted by atomic mass is 9.88. The minimum Gasteiger partial charge on any atom is -0.457 e. The third-order valence-electron chi connectivity index (χ3n) is 3.87. The number of aliphatic hydroxyl groups is 1. The van der Waals surface area contributed by atoms with Crippen LogP contribution in [0.2, 0.25) is 0 Å². The highest BCUT2D eigenvalue weighted by Crippen LogP contribution is 2.30. The fourth-order valence-corrected chi connectivity index (χ4v) is 2.67. The summed E-state index contributed by atoms with van der Waals surface area (Å²) in [5, 5.41) is 9.45. The van der Waals surface area contributed by atoms with E-state index in [0.717, 1.165) is 25.7 Å². The first-order valence-electron chi connectivity index (χ1n) is 7.55. The predicted octanol–water partition coefficient (Wildman–Crippen LogP) is 3.59. The molecule has 1 saturated heterocycles. The van der Waals surface area contributed by atoms with Crippen molar-refractivity contribution in [2.45, 2.75) is 83.2 Å². The molecule has 0 amide bonds. The Bertz CT molecular complexity index is 240. The summed E-state index contributed by atoms with van der Waals surface area (Å²) in [6.07, 6.45) is 11.8. The van der Waals surface area contributed by atoms with E-state index in [-0.39, 0.29) is 12.6 Å². The van der Waals surface area contributed by atoms with Gasteiger partial charge in [0, 0.05) is 6.42 Å². The number of carbonyl (C=O) groups is 1. The van der Waals surface area contributed by atoms with Crippen molar-refractivity contribution in [2.75, 3.05) is 6.61 Å². The molecule has 1 fully saturated rings. The van der Waals surface area contributed by atoms with Gasteiger partial charge in [0.15, 0.2) is 0 Å². The van der Waals surface area contributed by atoms with E-state index in [4.69, 9.17) is 4.74 Å². The third kappa shape index (κ3) is 5.38. The van der Waals surface area contributed by atoms with Crippen molar-refractivity contribution in [3.05, 3.63) is 0 Å². The van der Waals surface area contributed by atoms with Crippen LogP contribution in [-0.4, -0.2) is 23.3 Å². The van der Waals surface area contributed by atoms with Crippen molar-refractivity contribution in [1.29, 1.82) is 0 Å². The lowest BCUT2D eigenvalue weighted by Gasteiger charge is -2.35. The number of hydrogen-bond donors (Lipinski definition) is 1. The van der Waals surface area contributed by atoms with E-state index in [1.165, 1.54) is 38.5 Å². The van der Waals surface area contributed by atoms with Gasteiger partial charge >= 0.3 is 5.97 Å². The third-order valence-corrected chi connectivity index (χ3v) is 3.87. The first-order valence-corrected chi connectivity index (χ1v) is 7.55. The highest BCUT2D eigenvalue weighted by atomic mass is 16.6. The number of cyclic esters (lactones) is 1. The summed E-state index contributed by atoms with van der Waals surface area (Å²) >= 11 is 0. The van der Waals surface area contributed by atoms with Gasteiger partial charge in [0.1, 0.15) is 5.60 Å². The van der Waals surface area contributed by atoms with E-state index in [1.807, 2.05) is 0 Å². The standard InChI is InChI=1S/C15H28O3/c1-2-3-4-5-6-7-8-11-15(13-16)12-9-10-14(17)18-15/h16H,2-13H2,1H3/t15-/m0/s1. The number of ether oxygens (including phenoxy) is 1. The van der Waals surface area contributed by atoms with Crippen LogP contribution in [0.25, 0.3) is 0 Å². The zero-order valence-electron chi connectivity index (χ0n) is 11.7. The Morgan fingerprint density at radius 1 is 1.17 bits per heavy atom. The molecule has 1 aliphatic heterocycles. The number of esters is 1. The van der Waals surface area contributed by atoms with Crippen LogP contribution < -0.4 is 0 Å². The highest BCUT2D eigenvalue weighted by Gasteiger charge is 2.36. The minimum atomic E-state index is -0.557. The van der Waals surface area contributed by atoms with Gasteiger partial charge in [-0.2, -0.15) is 0 Å². The minimum absolute atomic E-state index is 0.0193. The van der Waals surface area contributed by atoms with E-state index in [9.17, 15) is 9.90 Å². The van der Waals surface area contributed by atoms with Gasteiger partial charge in [-0.05, 0) is 25.7 Å². The van der Waals surface area contributed by atoms with Crippen LogP contribution >= 0.6 is 0 Å². The zero-order valence-corrected chi connectivity index (χ0v) is 11.7. The molecule has 0 aromatic heterocycles. The summed E-state index contributed by atoms with van der Waals surface area (Å²) in [4.78, 5) is 11.3. The summed E-state index contributed by atoms with van der Waals surface area (Å²) in [7, 11) is 0. The van der Waals surface area contributed by atoms with E-state index in [1.54, 1.807) is 0 Å². The molecule has 0 bridgehead atoms. The second-order valence-electron chi connectivity index (χ2n) is 5.54. The van der Waals surface area contributed by atoms with Crippen molar-refractivity contribution >= 4 is 5.97 Å². The lowest BCUT2D eigenvalue weighted by Crippen LogP contribution is -2.42. The molecule has 1 N–H and O–H groups in total. The molecule has 0 unspecified atom stereocenters. The molecule has 0 radical (unpaired) electrons. The van der Waals surface area contributed by atoms with Crippen LogP contribution in [0.4, 0.5) is 0 Å². The van der Waals surface area contributed by atoms with Crippen molar-refractivity contribution in [1.82, 2.24) is 0 Å². The van der Waals surface area contributed by atoms with Crippen LogP contribution in [-0.2, 0) is 9.53 Å². The molecule has 106 valence electrons. The molecule has 1 atom stereocenters. The first-order chi connectivity index (χ1) is 8.72. The van der Waals surface area contributed by atoms with Crippen LogP contribution in [0.15, 0.2) is 0 Å². The number of hydrogen-bond acceptors (Lipinski definition) is 3. The van der Waals surface area contributed by atoms with Gasteiger partial charge in [-0.25, -0.2) is 0 Å². The predicted molar refractivity (Wildman–Crippen MR) is 72.4 cm³/mol. The summed E-state index contributed by atoms with van der Waals surface area (Å²) in [5.41, 5.74) is -0.557. The first kappa shape index (κ1) is 15.5. The number of unbranched alkanes of at least 4 members (excludes halogenated alkanes) is 6. The molecule has 3 nitrogen and oxygen atoms in total. The Balaban J connectivity index is 2.13. The van der Waals surface area contributed by atoms with E-state index in [0.29, 0.717) is 6.42 Å². The Morgan fingerprint density at radius 3 is 2.44 bits per heavy atom. The van der Waals surface area contributed by atoms with Crippen molar-refractivity contribution in [2.24, 2.45) is 0 Å². The van der Waals surface area contributed by atoms with Crippen LogP contribution in [0.3, 0.4) is 0 Å². The number of rotatable bonds is 9. The molecule has 3 heteroatoms. The SMILES string of the molecule is CCCCCCCCC[C@@]1(CO)CCCC(=O)O1. The van der Waals surface area contributed by atoms with Crippen molar-refractivity contribution in [3.8, 4) is 0 Å². The quantitative estimate of drug-likeness (QED) is 0.506. The van der Waals surface area contributed by atoms with Gasteiger partial charge in [0.05, 0.1) is 6.61 Å². The van der Waals surface area contributed by atoms with E-state index in [2.05, 4.69) is 6.92 Å². The maximum Gasteiger partial charge on any atom is 0.306 e. The van der Waals surface area contributed by atoms with Gasteiger partial charge in [-0.1, -0.05) is 45.4 Å². The molecule has 18 heavy (non-hydrogen) atoms. The van der Waals surface area contributed by atoms with Gasteiger partial charge in [0.2, 0.25) is 0 Å². The molecule has 0 aromatic rings. The molecule has 1 heterocycles. The van der Waals surface area contributed by atoms with Crippen LogP contribution in [0.5, 0.6) is 0 Å². The normalized spacial score (nSPS) is 24.0. The molecular weight excluding hydrogens is 228 g/mol. The number of carbonyl (C=O) groups excluding carboxylic acids is 1. The smallest absolute Gasteiger partial charge is 0.306 e. The molecule has 0 aliphatic carbocycles. The summed E-state index contributed by atoms with van der Waals surface area (Å²) < 4.78 is 5.38. The van der Waals surface area contributed by atoms with Crippen molar-refractivity contribution < 1.29 is 14.6 Å².